The summed E-state index contributed by atoms with van der Waals surface area (Å²) in [5, 5.41) is 10.5. The second-order valence-electron chi connectivity index (χ2n) is 6.89. The lowest BCUT2D eigenvalue weighted by molar-refractivity contribution is -0.121. The average Bonchev–Trinajstić information content (AvgIpc) is 3.35. The second-order valence-corrected chi connectivity index (χ2v) is 8.64. The maximum Gasteiger partial charge on any atom is 0.253 e. The average molecular weight is 418 g/mol. The summed E-state index contributed by atoms with van der Waals surface area (Å²) in [4.78, 5) is 23.1. The van der Waals surface area contributed by atoms with E-state index in [9.17, 15) is 4.79 Å². The van der Waals surface area contributed by atoms with E-state index in [2.05, 4.69) is 45.7 Å². The molecule has 3 aromatic heterocycles. The van der Waals surface area contributed by atoms with Crippen molar-refractivity contribution in [2.45, 2.75) is 58.2 Å². The minimum Gasteiger partial charge on any atom is -0.348 e. The highest BCUT2D eigenvalue weighted by atomic mass is 32.2. The van der Waals surface area contributed by atoms with Crippen molar-refractivity contribution >= 4 is 34.8 Å². The summed E-state index contributed by atoms with van der Waals surface area (Å²) in [6.45, 7) is 8.27. The van der Waals surface area contributed by atoms with Crippen LogP contribution in [0.4, 0.5) is 0 Å². The predicted molar refractivity (Wildman–Crippen MR) is 115 cm³/mol. The predicted octanol–water partition coefficient (Wildman–Crippen LogP) is 4.36. The van der Waals surface area contributed by atoms with Crippen molar-refractivity contribution in [2.24, 2.45) is 5.92 Å². The highest BCUT2D eigenvalue weighted by molar-refractivity contribution is 7.98. The van der Waals surface area contributed by atoms with Gasteiger partial charge in [0.05, 0.1) is 12.5 Å². The molecule has 0 aromatic carbocycles. The Balaban J connectivity index is 1.85. The first-order chi connectivity index (χ1) is 13.5. The van der Waals surface area contributed by atoms with Gasteiger partial charge in [0.2, 0.25) is 11.1 Å². The molecule has 0 spiro atoms. The molecule has 6 nitrogen and oxygen atoms in total. The highest BCUT2D eigenvalue weighted by Crippen LogP contribution is 2.30. The summed E-state index contributed by atoms with van der Waals surface area (Å²) < 4.78 is 1.74. The molecule has 0 aliphatic rings. The standard InChI is InChI=1S/C20H27N5OS2/c1-6-14(7-2)18(16-9-8-10-28-16)22-17(26)11-15-12(3)21-19-23-20(27-5)24-25(19)13(15)4/h8-10,14,18H,6-7,11H2,1-5H3,(H,22,26)/t18-/m1/s1. The van der Waals surface area contributed by atoms with Crippen LogP contribution in [0.2, 0.25) is 0 Å². The first kappa shape index (κ1) is 20.8. The van der Waals surface area contributed by atoms with Gasteiger partial charge in [-0.25, -0.2) is 9.50 Å². The van der Waals surface area contributed by atoms with Gasteiger partial charge in [-0.05, 0) is 37.5 Å². The van der Waals surface area contributed by atoms with Gasteiger partial charge in [-0.1, -0.05) is 44.5 Å². The van der Waals surface area contributed by atoms with Gasteiger partial charge in [0, 0.05) is 21.8 Å². The minimum absolute atomic E-state index is 0.0165. The first-order valence-corrected chi connectivity index (χ1v) is 11.7. The van der Waals surface area contributed by atoms with Crippen molar-refractivity contribution in [1.82, 2.24) is 24.9 Å². The summed E-state index contributed by atoms with van der Waals surface area (Å²) in [6.07, 6.45) is 4.29. The van der Waals surface area contributed by atoms with E-state index in [1.807, 2.05) is 26.2 Å². The lowest BCUT2D eigenvalue weighted by atomic mass is 9.92. The molecule has 1 amide bonds. The quantitative estimate of drug-likeness (QED) is 0.551. The number of carbonyl (C=O) groups excluding carboxylic acids is 1. The molecule has 0 saturated carbocycles. The van der Waals surface area contributed by atoms with Gasteiger partial charge < -0.3 is 5.32 Å². The molecule has 3 aromatic rings. The smallest absolute Gasteiger partial charge is 0.253 e. The van der Waals surface area contributed by atoms with Crippen LogP contribution >= 0.6 is 23.1 Å². The van der Waals surface area contributed by atoms with Gasteiger partial charge in [0.25, 0.3) is 5.78 Å². The topological polar surface area (TPSA) is 72.2 Å². The van der Waals surface area contributed by atoms with Crippen LogP contribution in [0.5, 0.6) is 0 Å². The van der Waals surface area contributed by atoms with Crippen molar-refractivity contribution in [2.75, 3.05) is 6.26 Å². The zero-order valence-corrected chi connectivity index (χ0v) is 18.7. The number of aryl methyl sites for hydroxylation is 2. The Labute approximate surface area is 174 Å². The summed E-state index contributed by atoms with van der Waals surface area (Å²) in [5.74, 6) is 1.02. The zero-order chi connectivity index (χ0) is 20.3. The van der Waals surface area contributed by atoms with E-state index in [1.54, 1.807) is 15.9 Å². The molecular formula is C20H27N5OS2. The number of amides is 1. The Hall–Kier alpha value is -1.93. The van der Waals surface area contributed by atoms with E-state index in [0.717, 1.165) is 29.8 Å². The number of hydrogen-bond acceptors (Lipinski definition) is 6. The fourth-order valence-electron chi connectivity index (χ4n) is 3.57. The van der Waals surface area contributed by atoms with Crippen LogP contribution in [0.1, 0.15) is 54.6 Å². The molecule has 1 atom stereocenters. The fraction of sp³-hybridized carbons (Fsp3) is 0.500. The van der Waals surface area contributed by atoms with E-state index in [0.29, 0.717) is 16.9 Å². The van der Waals surface area contributed by atoms with Gasteiger partial charge in [-0.15, -0.1) is 16.4 Å². The molecule has 0 bridgehead atoms. The molecule has 0 unspecified atom stereocenters. The third-order valence-corrected chi connectivity index (χ3v) is 6.73. The molecule has 3 rings (SSSR count). The number of fused-ring (bicyclic) bond motifs is 1. The number of aromatic nitrogens is 4. The van der Waals surface area contributed by atoms with Gasteiger partial charge in [-0.2, -0.15) is 4.98 Å². The van der Waals surface area contributed by atoms with E-state index in [-0.39, 0.29) is 18.4 Å². The summed E-state index contributed by atoms with van der Waals surface area (Å²) >= 11 is 3.18. The molecule has 8 heteroatoms. The Morgan fingerprint density at radius 2 is 2.04 bits per heavy atom. The van der Waals surface area contributed by atoms with Crippen molar-refractivity contribution in [3.05, 3.63) is 39.3 Å². The lowest BCUT2D eigenvalue weighted by Gasteiger charge is -2.26. The number of thioether (sulfide) groups is 1. The molecular weight excluding hydrogens is 390 g/mol. The molecule has 3 heterocycles. The van der Waals surface area contributed by atoms with Gasteiger partial charge in [-0.3, -0.25) is 4.79 Å². The molecule has 28 heavy (non-hydrogen) atoms. The number of carbonyl (C=O) groups is 1. The summed E-state index contributed by atoms with van der Waals surface area (Å²) in [6, 6.07) is 4.20. The van der Waals surface area contributed by atoms with Crippen molar-refractivity contribution in [3.63, 3.8) is 0 Å². The maximum absolute atomic E-state index is 13.0. The third-order valence-electron chi connectivity index (χ3n) is 5.24. The second kappa shape index (κ2) is 9.05. The maximum atomic E-state index is 13.0. The molecule has 1 N–H and O–H groups in total. The highest BCUT2D eigenvalue weighted by Gasteiger charge is 2.24. The van der Waals surface area contributed by atoms with E-state index in [1.165, 1.54) is 16.6 Å². The van der Waals surface area contributed by atoms with Crippen molar-refractivity contribution in [1.29, 1.82) is 0 Å². The van der Waals surface area contributed by atoms with E-state index in [4.69, 9.17) is 0 Å². The Morgan fingerprint density at radius 1 is 1.29 bits per heavy atom. The van der Waals surface area contributed by atoms with Crippen LogP contribution in [-0.2, 0) is 11.2 Å². The van der Waals surface area contributed by atoms with Crippen LogP contribution in [0.25, 0.3) is 5.78 Å². The van der Waals surface area contributed by atoms with Crippen LogP contribution in [0, 0.1) is 19.8 Å². The Morgan fingerprint density at radius 3 is 2.64 bits per heavy atom. The zero-order valence-electron chi connectivity index (χ0n) is 17.0. The monoisotopic (exact) mass is 417 g/mol. The van der Waals surface area contributed by atoms with Crippen LogP contribution in [0.15, 0.2) is 22.7 Å². The number of thiophene rings is 1. The van der Waals surface area contributed by atoms with Crippen LogP contribution in [0.3, 0.4) is 0 Å². The van der Waals surface area contributed by atoms with Crippen LogP contribution < -0.4 is 5.32 Å². The number of nitrogens with one attached hydrogen (secondary N) is 1. The Kier molecular flexibility index (Phi) is 6.72. The molecule has 0 saturated heterocycles. The third kappa shape index (κ3) is 4.22. The van der Waals surface area contributed by atoms with Gasteiger partial charge in [0.15, 0.2) is 0 Å². The van der Waals surface area contributed by atoms with Crippen molar-refractivity contribution in [3.8, 4) is 0 Å². The molecule has 0 fully saturated rings. The SMILES string of the molecule is CCC(CC)[C@@H](NC(=O)Cc1c(C)nc2nc(SC)nn2c1C)c1cccs1. The molecule has 150 valence electrons. The number of nitrogens with zero attached hydrogens (tertiary/aromatic N) is 4. The van der Waals surface area contributed by atoms with Crippen LogP contribution in [-0.4, -0.2) is 31.7 Å². The Bertz CT molecular complexity index is 947. The number of rotatable bonds is 8. The van der Waals surface area contributed by atoms with Crippen molar-refractivity contribution < 1.29 is 4.79 Å². The number of hydrogen-bond donors (Lipinski definition) is 1. The van der Waals surface area contributed by atoms with E-state index >= 15 is 0 Å². The molecule has 0 aliphatic heterocycles. The first-order valence-electron chi connectivity index (χ1n) is 9.58. The van der Waals surface area contributed by atoms with Gasteiger partial charge >= 0.3 is 0 Å². The van der Waals surface area contributed by atoms with Gasteiger partial charge in [0.1, 0.15) is 0 Å². The lowest BCUT2D eigenvalue weighted by Crippen LogP contribution is -2.34. The molecule has 0 aliphatic carbocycles. The van der Waals surface area contributed by atoms with E-state index < -0.39 is 0 Å². The fourth-order valence-corrected chi connectivity index (χ4v) is 4.77. The summed E-state index contributed by atoms with van der Waals surface area (Å²) in [7, 11) is 0. The minimum atomic E-state index is 0.0165. The largest absolute Gasteiger partial charge is 0.348 e. The molecule has 0 radical (unpaired) electrons. The normalized spacial score (nSPS) is 12.6. The summed E-state index contributed by atoms with van der Waals surface area (Å²) in [5.41, 5.74) is 2.66.